The molecule has 0 amide bonds. The lowest BCUT2D eigenvalue weighted by atomic mass is 10.2. The Labute approximate surface area is 105 Å². The molecule has 2 aromatic rings. The molecule has 0 radical (unpaired) electrons. The molecule has 0 N–H and O–H groups in total. The second kappa shape index (κ2) is 4.91. The van der Waals surface area contributed by atoms with E-state index in [0.717, 1.165) is 11.8 Å². The number of methoxy groups -OCH3 is 2. The summed E-state index contributed by atoms with van der Waals surface area (Å²) in [5.74, 6) is 2.00. The first-order valence-corrected chi connectivity index (χ1v) is 5.40. The van der Waals surface area contributed by atoms with Crippen LogP contribution in [0, 0.1) is 0 Å². The fourth-order valence-corrected chi connectivity index (χ4v) is 1.78. The maximum atomic E-state index is 10.8. The summed E-state index contributed by atoms with van der Waals surface area (Å²) in [7, 11) is 4.96. The number of benzene rings is 1. The average molecular weight is 246 g/mol. The fourth-order valence-electron chi connectivity index (χ4n) is 1.78. The van der Waals surface area contributed by atoms with Gasteiger partial charge in [-0.25, -0.2) is 4.98 Å². The molecule has 94 valence electrons. The second-order valence-corrected chi connectivity index (χ2v) is 3.75. The van der Waals surface area contributed by atoms with Gasteiger partial charge in [-0.2, -0.15) is 0 Å². The summed E-state index contributed by atoms with van der Waals surface area (Å²) in [6, 6.07) is 5.51. The van der Waals surface area contributed by atoms with E-state index in [1.807, 2.05) is 18.2 Å². The summed E-state index contributed by atoms with van der Waals surface area (Å²) < 4.78 is 12.1. The van der Waals surface area contributed by atoms with Crippen molar-refractivity contribution in [2.24, 2.45) is 7.05 Å². The maximum absolute atomic E-state index is 10.8. The van der Waals surface area contributed by atoms with Gasteiger partial charge < -0.3 is 14.0 Å². The molecule has 1 aromatic heterocycles. The molecule has 0 aliphatic carbocycles. The monoisotopic (exact) mass is 246 g/mol. The average Bonchev–Trinajstić information content (AvgIpc) is 2.79. The van der Waals surface area contributed by atoms with Crippen LogP contribution in [-0.2, 0) is 7.05 Å². The highest BCUT2D eigenvalue weighted by Gasteiger charge is 2.11. The SMILES string of the molecule is COc1ccc(-c2ncc(C=O)n2C)cc1OC. The number of nitrogens with zero attached hydrogens (tertiary/aromatic N) is 2. The smallest absolute Gasteiger partial charge is 0.168 e. The van der Waals surface area contributed by atoms with Gasteiger partial charge in [-0.15, -0.1) is 0 Å². The van der Waals surface area contributed by atoms with Crippen molar-refractivity contribution in [1.82, 2.24) is 9.55 Å². The molecule has 0 atom stereocenters. The molecule has 0 aliphatic rings. The minimum Gasteiger partial charge on any atom is -0.493 e. The van der Waals surface area contributed by atoms with Gasteiger partial charge in [0.2, 0.25) is 0 Å². The molecule has 1 aromatic carbocycles. The van der Waals surface area contributed by atoms with E-state index in [2.05, 4.69) is 4.98 Å². The zero-order valence-electron chi connectivity index (χ0n) is 10.5. The van der Waals surface area contributed by atoms with Crippen molar-refractivity contribution in [1.29, 1.82) is 0 Å². The van der Waals surface area contributed by atoms with Crippen LogP contribution in [0.15, 0.2) is 24.4 Å². The van der Waals surface area contributed by atoms with Gasteiger partial charge >= 0.3 is 0 Å². The summed E-state index contributed by atoms with van der Waals surface area (Å²) in [4.78, 5) is 15.0. The minimum atomic E-state index is 0.528. The van der Waals surface area contributed by atoms with E-state index in [1.165, 1.54) is 0 Å². The van der Waals surface area contributed by atoms with E-state index >= 15 is 0 Å². The lowest BCUT2D eigenvalue weighted by Gasteiger charge is -2.09. The number of carbonyl (C=O) groups is 1. The van der Waals surface area contributed by atoms with Crippen LogP contribution in [0.2, 0.25) is 0 Å². The Morgan fingerprint density at radius 1 is 1.22 bits per heavy atom. The van der Waals surface area contributed by atoms with Gasteiger partial charge in [0, 0.05) is 12.6 Å². The van der Waals surface area contributed by atoms with Gasteiger partial charge in [-0.1, -0.05) is 0 Å². The quantitative estimate of drug-likeness (QED) is 0.773. The molecular weight excluding hydrogens is 232 g/mol. The van der Waals surface area contributed by atoms with Gasteiger partial charge in [0.15, 0.2) is 17.8 Å². The van der Waals surface area contributed by atoms with Crippen molar-refractivity contribution in [2.75, 3.05) is 14.2 Å². The maximum Gasteiger partial charge on any atom is 0.168 e. The lowest BCUT2D eigenvalue weighted by molar-refractivity contribution is 0.111. The first-order valence-electron chi connectivity index (χ1n) is 5.40. The Morgan fingerprint density at radius 2 is 1.94 bits per heavy atom. The van der Waals surface area contributed by atoms with E-state index in [0.29, 0.717) is 23.0 Å². The lowest BCUT2D eigenvalue weighted by Crippen LogP contribution is -1.98. The highest BCUT2D eigenvalue weighted by molar-refractivity contribution is 5.74. The van der Waals surface area contributed by atoms with E-state index in [-0.39, 0.29) is 0 Å². The molecule has 2 rings (SSSR count). The third-order valence-electron chi connectivity index (χ3n) is 2.79. The van der Waals surface area contributed by atoms with E-state index < -0.39 is 0 Å². The van der Waals surface area contributed by atoms with Crippen LogP contribution in [-0.4, -0.2) is 30.1 Å². The number of rotatable bonds is 4. The predicted molar refractivity (Wildman–Crippen MR) is 67.1 cm³/mol. The molecule has 0 saturated carbocycles. The minimum absolute atomic E-state index is 0.528. The van der Waals surface area contributed by atoms with Crippen molar-refractivity contribution < 1.29 is 14.3 Å². The van der Waals surface area contributed by atoms with Crippen molar-refractivity contribution in [3.63, 3.8) is 0 Å². The van der Waals surface area contributed by atoms with Crippen LogP contribution in [0.25, 0.3) is 11.4 Å². The number of aldehydes is 1. The molecule has 0 spiro atoms. The zero-order valence-corrected chi connectivity index (χ0v) is 10.5. The summed E-state index contributed by atoms with van der Waals surface area (Å²) in [5.41, 5.74) is 1.39. The number of carbonyl (C=O) groups excluding carboxylic acids is 1. The summed E-state index contributed by atoms with van der Waals surface area (Å²) in [6.45, 7) is 0. The highest BCUT2D eigenvalue weighted by atomic mass is 16.5. The third kappa shape index (κ3) is 1.95. The molecular formula is C13H14N2O3. The summed E-state index contributed by atoms with van der Waals surface area (Å²) in [6.07, 6.45) is 2.32. The first-order chi connectivity index (χ1) is 8.71. The molecule has 1 heterocycles. The van der Waals surface area contributed by atoms with E-state index in [1.54, 1.807) is 32.0 Å². The molecule has 5 nitrogen and oxygen atoms in total. The van der Waals surface area contributed by atoms with Crippen LogP contribution in [0.5, 0.6) is 11.5 Å². The van der Waals surface area contributed by atoms with Gasteiger partial charge in [-0.3, -0.25) is 4.79 Å². The van der Waals surface area contributed by atoms with Crippen molar-refractivity contribution >= 4 is 6.29 Å². The largest absolute Gasteiger partial charge is 0.493 e. The number of imidazole rings is 1. The molecule has 18 heavy (non-hydrogen) atoms. The van der Waals surface area contributed by atoms with Crippen LogP contribution in [0.3, 0.4) is 0 Å². The number of hydrogen-bond donors (Lipinski definition) is 0. The summed E-state index contributed by atoms with van der Waals surface area (Å²) >= 11 is 0. The third-order valence-corrected chi connectivity index (χ3v) is 2.79. The van der Waals surface area contributed by atoms with Crippen LogP contribution >= 0.6 is 0 Å². The normalized spacial score (nSPS) is 10.2. The van der Waals surface area contributed by atoms with Crippen molar-refractivity contribution in [3.8, 4) is 22.9 Å². The van der Waals surface area contributed by atoms with Gasteiger partial charge in [0.1, 0.15) is 11.5 Å². The van der Waals surface area contributed by atoms with Crippen LogP contribution < -0.4 is 9.47 Å². The Morgan fingerprint density at radius 3 is 2.50 bits per heavy atom. The molecule has 0 saturated heterocycles. The molecule has 5 heteroatoms. The fraction of sp³-hybridized carbons (Fsp3) is 0.231. The Bertz CT molecular complexity index is 576. The van der Waals surface area contributed by atoms with E-state index in [9.17, 15) is 4.79 Å². The standard InChI is InChI=1S/C13H14N2O3/c1-15-10(8-16)7-14-13(15)9-4-5-11(17-2)12(6-9)18-3/h4-8H,1-3H3. The number of ether oxygens (including phenoxy) is 2. The molecule has 0 fully saturated rings. The Balaban J connectivity index is 2.50. The molecule has 0 unspecified atom stereocenters. The molecule has 0 bridgehead atoms. The Hall–Kier alpha value is -2.30. The van der Waals surface area contributed by atoms with Crippen molar-refractivity contribution in [3.05, 3.63) is 30.1 Å². The second-order valence-electron chi connectivity index (χ2n) is 3.75. The molecule has 0 aliphatic heterocycles. The number of aromatic nitrogens is 2. The topological polar surface area (TPSA) is 53.3 Å². The zero-order chi connectivity index (χ0) is 13.1. The van der Waals surface area contributed by atoms with Crippen LogP contribution in [0.1, 0.15) is 10.5 Å². The van der Waals surface area contributed by atoms with Gasteiger partial charge in [0.05, 0.1) is 20.4 Å². The van der Waals surface area contributed by atoms with Crippen molar-refractivity contribution in [2.45, 2.75) is 0 Å². The van der Waals surface area contributed by atoms with Gasteiger partial charge in [-0.05, 0) is 18.2 Å². The van der Waals surface area contributed by atoms with E-state index in [4.69, 9.17) is 9.47 Å². The first kappa shape index (κ1) is 12.2. The number of hydrogen-bond acceptors (Lipinski definition) is 4. The van der Waals surface area contributed by atoms with Gasteiger partial charge in [0.25, 0.3) is 0 Å². The predicted octanol–water partition coefficient (Wildman–Crippen LogP) is 1.92. The summed E-state index contributed by atoms with van der Waals surface area (Å²) in [5, 5.41) is 0. The highest BCUT2D eigenvalue weighted by Crippen LogP contribution is 2.31. The van der Waals surface area contributed by atoms with Crippen LogP contribution in [0.4, 0.5) is 0 Å². The Kier molecular flexibility index (Phi) is 3.32.